The smallest absolute Gasteiger partial charge is 0.265 e. The van der Waals surface area contributed by atoms with Crippen molar-refractivity contribution in [3.8, 4) is 11.8 Å². The molecule has 0 spiro atoms. The number of rotatable bonds is 3. The molecule has 2 aromatic heterocycles. The van der Waals surface area contributed by atoms with Gasteiger partial charge >= 0.3 is 0 Å². The summed E-state index contributed by atoms with van der Waals surface area (Å²) in [5.74, 6) is 0.529. The maximum atomic E-state index is 12.5. The van der Waals surface area contributed by atoms with E-state index in [1.54, 1.807) is 31.4 Å². The van der Waals surface area contributed by atoms with Crippen LogP contribution in [0.5, 0.6) is 5.75 Å². The zero-order valence-corrected chi connectivity index (χ0v) is 14.6. The van der Waals surface area contributed by atoms with Gasteiger partial charge in [0.15, 0.2) is 0 Å². The van der Waals surface area contributed by atoms with Gasteiger partial charge < -0.3 is 10.1 Å². The molecular formula is C20H13N3O2S. The van der Waals surface area contributed by atoms with Gasteiger partial charge in [0, 0.05) is 22.5 Å². The molecule has 2 aromatic carbocycles. The van der Waals surface area contributed by atoms with Crippen molar-refractivity contribution < 1.29 is 9.53 Å². The number of nitrogens with one attached hydrogen (secondary N) is 1. The number of nitriles is 1. The third kappa shape index (κ3) is 2.96. The number of anilines is 1. The molecule has 0 aliphatic heterocycles. The largest absolute Gasteiger partial charge is 0.497 e. The predicted molar refractivity (Wildman–Crippen MR) is 103 cm³/mol. The van der Waals surface area contributed by atoms with Gasteiger partial charge in [0.2, 0.25) is 0 Å². The first-order valence-corrected chi connectivity index (χ1v) is 8.68. The van der Waals surface area contributed by atoms with Crippen LogP contribution in [-0.4, -0.2) is 18.0 Å². The summed E-state index contributed by atoms with van der Waals surface area (Å²) in [6.07, 6.45) is 0. The number of aromatic nitrogens is 1. The van der Waals surface area contributed by atoms with Gasteiger partial charge in [0.25, 0.3) is 5.91 Å². The van der Waals surface area contributed by atoms with E-state index in [0.717, 1.165) is 26.9 Å². The lowest BCUT2D eigenvalue weighted by Gasteiger charge is -2.03. The summed E-state index contributed by atoms with van der Waals surface area (Å²) < 4.78 is 5.24. The Morgan fingerprint density at radius 3 is 2.85 bits per heavy atom. The minimum absolute atomic E-state index is 0.218. The molecule has 0 radical (unpaired) electrons. The topological polar surface area (TPSA) is 75.0 Å². The molecule has 1 amide bonds. The van der Waals surface area contributed by atoms with Crippen molar-refractivity contribution >= 4 is 44.1 Å². The van der Waals surface area contributed by atoms with Gasteiger partial charge in [-0.3, -0.25) is 4.79 Å². The highest BCUT2D eigenvalue weighted by Gasteiger charge is 2.13. The molecule has 0 unspecified atom stereocenters. The molecule has 6 heteroatoms. The van der Waals surface area contributed by atoms with E-state index in [4.69, 9.17) is 10.00 Å². The average Bonchev–Trinajstić information content (AvgIpc) is 3.08. The highest BCUT2D eigenvalue weighted by atomic mass is 32.1. The number of carbonyl (C=O) groups is 1. The van der Waals surface area contributed by atoms with Gasteiger partial charge in [-0.05, 0) is 42.5 Å². The van der Waals surface area contributed by atoms with Crippen molar-refractivity contribution in [3.63, 3.8) is 0 Å². The monoisotopic (exact) mass is 359 g/mol. The number of fused-ring (bicyclic) bond motifs is 2. The van der Waals surface area contributed by atoms with Crippen LogP contribution in [-0.2, 0) is 0 Å². The lowest BCUT2D eigenvalue weighted by Crippen LogP contribution is -2.09. The van der Waals surface area contributed by atoms with Gasteiger partial charge in [0.05, 0.1) is 29.1 Å². The number of hydrogen-bond donors (Lipinski definition) is 1. The van der Waals surface area contributed by atoms with Crippen molar-refractivity contribution in [1.82, 2.24) is 4.98 Å². The van der Waals surface area contributed by atoms with Crippen LogP contribution in [0.4, 0.5) is 5.69 Å². The van der Waals surface area contributed by atoms with E-state index in [2.05, 4.69) is 16.4 Å². The molecular weight excluding hydrogens is 346 g/mol. The summed E-state index contributed by atoms with van der Waals surface area (Å²) in [5, 5.41) is 13.7. The Balaban J connectivity index is 1.68. The first-order chi connectivity index (χ1) is 12.7. The molecule has 0 bridgehead atoms. The van der Waals surface area contributed by atoms with E-state index < -0.39 is 0 Å². The number of methoxy groups -OCH3 is 1. The molecule has 2 heterocycles. The number of benzene rings is 2. The van der Waals surface area contributed by atoms with E-state index >= 15 is 0 Å². The fourth-order valence-electron chi connectivity index (χ4n) is 2.70. The normalized spacial score (nSPS) is 10.6. The maximum absolute atomic E-state index is 12.5. The van der Waals surface area contributed by atoms with Crippen LogP contribution in [0.25, 0.3) is 21.1 Å². The molecule has 0 aliphatic rings. The minimum Gasteiger partial charge on any atom is -0.497 e. The number of pyridine rings is 1. The van der Waals surface area contributed by atoms with Crippen LogP contribution in [0.1, 0.15) is 15.2 Å². The summed E-state index contributed by atoms with van der Waals surface area (Å²) >= 11 is 1.33. The molecule has 0 atom stereocenters. The summed E-state index contributed by atoms with van der Waals surface area (Å²) in [6, 6.07) is 18.4. The van der Waals surface area contributed by atoms with Crippen LogP contribution in [0, 0.1) is 11.3 Å². The number of amides is 1. The molecule has 0 saturated heterocycles. The zero-order valence-electron chi connectivity index (χ0n) is 13.8. The van der Waals surface area contributed by atoms with Gasteiger partial charge in [-0.2, -0.15) is 5.26 Å². The third-order valence-corrected chi connectivity index (χ3v) is 5.03. The van der Waals surface area contributed by atoms with Crippen molar-refractivity contribution in [1.29, 1.82) is 5.26 Å². The first-order valence-electron chi connectivity index (χ1n) is 7.86. The third-order valence-electron chi connectivity index (χ3n) is 3.98. The Morgan fingerprint density at radius 1 is 1.15 bits per heavy atom. The maximum Gasteiger partial charge on any atom is 0.265 e. The van der Waals surface area contributed by atoms with Crippen LogP contribution in [0.2, 0.25) is 0 Å². The van der Waals surface area contributed by atoms with Crippen LogP contribution in [0.15, 0.2) is 54.6 Å². The number of hydrogen-bond acceptors (Lipinski definition) is 5. The first kappa shape index (κ1) is 16.1. The summed E-state index contributed by atoms with van der Waals surface area (Å²) in [6.45, 7) is 0. The number of carbonyl (C=O) groups excluding carboxylic acids is 1. The number of nitrogens with zero attached hydrogens (tertiary/aromatic N) is 2. The lowest BCUT2D eigenvalue weighted by molar-refractivity contribution is 0.103. The van der Waals surface area contributed by atoms with E-state index in [0.29, 0.717) is 16.1 Å². The fraction of sp³-hybridized carbons (Fsp3) is 0.0500. The van der Waals surface area contributed by atoms with Crippen LogP contribution < -0.4 is 10.1 Å². The van der Waals surface area contributed by atoms with Gasteiger partial charge in [-0.25, -0.2) is 4.98 Å². The Morgan fingerprint density at radius 2 is 2.04 bits per heavy atom. The molecule has 4 aromatic rings. The van der Waals surface area contributed by atoms with Gasteiger partial charge in [-0.1, -0.05) is 6.07 Å². The predicted octanol–water partition coefficient (Wildman–Crippen LogP) is 4.58. The summed E-state index contributed by atoms with van der Waals surface area (Å²) in [5.41, 5.74) is 1.92. The molecule has 5 nitrogen and oxygen atoms in total. The molecule has 126 valence electrons. The Hall–Kier alpha value is -3.43. The lowest BCUT2D eigenvalue weighted by atomic mass is 10.2. The average molecular weight is 359 g/mol. The van der Waals surface area contributed by atoms with Gasteiger partial charge in [-0.15, -0.1) is 11.3 Å². The summed E-state index contributed by atoms with van der Waals surface area (Å²) in [4.78, 5) is 18.5. The summed E-state index contributed by atoms with van der Waals surface area (Å²) in [7, 11) is 1.62. The second-order valence-electron chi connectivity index (χ2n) is 5.70. The molecule has 4 rings (SSSR count). The van der Waals surface area contributed by atoms with Crippen LogP contribution >= 0.6 is 11.3 Å². The minimum atomic E-state index is -0.218. The Bertz CT molecular complexity index is 1190. The second-order valence-corrected chi connectivity index (χ2v) is 6.73. The Kier molecular flexibility index (Phi) is 3.99. The molecule has 0 fully saturated rings. The Labute approximate surface area is 153 Å². The number of ether oxygens (including phenoxy) is 1. The fourth-order valence-corrected chi connectivity index (χ4v) is 3.62. The molecule has 0 aliphatic carbocycles. The second kappa shape index (κ2) is 6.47. The molecule has 1 N–H and O–H groups in total. The van der Waals surface area contributed by atoms with Crippen molar-refractivity contribution in [3.05, 3.63) is 65.0 Å². The van der Waals surface area contributed by atoms with Crippen LogP contribution in [0.3, 0.4) is 0 Å². The molecule has 26 heavy (non-hydrogen) atoms. The van der Waals surface area contributed by atoms with Crippen molar-refractivity contribution in [2.75, 3.05) is 12.4 Å². The standard InChI is InChI=1S/C20H13N3O2S/c1-25-16-6-5-13-8-14-9-18(26-20(14)23-17(13)10-16)19(24)22-15-4-2-3-12(7-15)11-21/h2-10H,1H3,(H,22,24). The zero-order chi connectivity index (χ0) is 18.1. The van der Waals surface area contributed by atoms with E-state index in [1.165, 1.54) is 11.3 Å². The number of thiophene rings is 1. The van der Waals surface area contributed by atoms with E-state index in [9.17, 15) is 4.79 Å². The van der Waals surface area contributed by atoms with Crippen molar-refractivity contribution in [2.45, 2.75) is 0 Å². The highest BCUT2D eigenvalue weighted by Crippen LogP contribution is 2.29. The quantitative estimate of drug-likeness (QED) is 0.581. The van der Waals surface area contributed by atoms with Crippen molar-refractivity contribution in [2.24, 2.45) is 0 Å². The van der Waals surface area contributed by atoms with Gasteiger partial charge in [0.1, 0.15) is 10.6 Å². The SMILES string of the molecule is COc1ccc2cc3cc(C(=O)Nc4cccc(C#N)c4)sc3nc2c1. The highest BCUT2D eigenvalue weighted by molar-refractivity contribution is 7.20. The molecule has 0 saturated carbocycles. The van der Waals surface area contributed by atoms with E-state index in [1.807, 2.05) is 30.3 Å². The van der Waals surface area contributed by atoms with E-state index in [-0.39, 0.29) is 5.91 Å².